The van der Waals surface area contributed by atoms with E-state index in [9.17, 15) is 4.79 Å². The first-order valence-corrected chi connectivity index (χ1v) is 6.28. The number of rotatable bonds is 7. The highest BCUT2D eigenvalue weighted by molar-refractivity contribution is 5.66. The van der Waals surface area contributed by atoms with Gasteiger partial charge in [-0.25, -0.2) is 0 Å². The number of ether oxygens (including phenoxy) is 1. The number of aliphatic carboxylic acids is 1. The molecule has 1 saturated heterocycles. The number of hydrogen-bond donors (Lipinski definition) is 1. The Morgan fingerprint density at radius 1 is 1.53 bits per heavy atom. The van der Waals surface area contributed by atoms with E-state index in [-0.39, 0.29) is 12.5 Å². The van der Waals surface area contributed by atoms with Crippen molar-refractivity contribution in [2.45, 2.75) is 25.4 Å². The third-order valence-electron chi connectivity index (χ3n) is 2.98. The maximum Gasteiger partial charge on any atom is 0.303 e. The van der Waals surface area contributed by atoms with Crippen molar-refractivity contribution in [3.63, 3.8) is 0 Å². The third kappa shape index (κ3) is 6.61. The molecule has 0 spiro atoms. The van der Waals surface area contributed by atoms with Crippen molar-refractivity contribution in [2.75, 3.05) is 46.9 Å². The Kier molecular flexibility index (Phi) is 6.47. The zero-order valence-electron chi connectivity index (χ0n) is 10.9. The molecule has 0 aromatic rings. The summed E-state index contributed by atoms with van der Waals surface area (Å²) in [5.74, 6) is -0.738. The van der Waals surface area contributed by atoms with E-state index in [2.05, 4.69) is 23.9 Å². The lowest BCUT2D eigenvalue weighted by molar-refractivity contribution is -0.138. The average Bonchev–Trinajstić information content (AvgIpc) is 2.26. The number of carbonyl (C=O) groups is 1. The summed E-state index contributed by atoms with van der Waals surface area (Å²) >= 11 is 0. The fraction of sp³-hybridized carbons (Fsp3) is 0.917. The second kappa shape index (κ2) is 7.63. The van der Waals surface area contributed by atoms with Gasteiger partial charge in [-0.3, -0.25) is 9.69 Å². The Morgan fingerprint density at radius 2 is 2.29 bits per heavy atom. The molecule has 1 fully saturated rings. The van der Waals surface area contributed by atoms with Gasteiger partial charge >= 0.3 is 5.97 Å². The molecular formula is C12H24N2O3. The minimum absolute atomic E-state index is 0.0965. The third-order valence-corrected chi connectivity index (χ3v) is 2.98. The Balaban J connectivity index is 2.17. The van der Waals surface area contributed by atoms with Crippen LogP contribution in [-0.4, -0.2) is 73.9 Å². The highest BCUT2D eigenvalue weighted by atomic mass is 16.5. The minimum Gasteiger partial charge on any atom is -0.481 e. The number of morpholine rings is 1. The topological polar surface area (TPSA) is 53.0 Å². The molecule has 0 aromatic carbocycles. The molecule has 0 aromatic heterocycles. The molecule has 5 nitrogen and oxygen atoms in total. The van der Waals surface area contributed by atoms with Gasteiger partial charge in [0.05, 0.1) is 12.7 Å². The normalized spacial score (nSPS) is 21.9. The van der Waals surface area contributed by atoms with Gasteiger partial charge in [0.2, 0.25) is 0 Å². The molecule has 1 aliphatic heterocycles. The van der Waals surface area contributed by atoms with Gasteiger partial charge in [0.25, 0.3) is 0 Å². The van der Waals surface area contributed by atoms with E-state index in [4.69, 9.17) is 9.84 Å². The van der Waals surface area contributed by atoms with Crippen molar-refractivity contribution in [2.24, 2.45) is 0 Å². The molecule has 100 valence electrons. The maximum atomic E-state index is 10.5. The number of carboxylic acids is 1. The van der Waals surface area contributed by atoms with Crippen LogP contribution in [0.1, 0.15) is 19.3 Å². The Bertz CT molecular complexity index is 234. The summed E-state index contributed by atoms with van der Waals surface area (Å²) in [6, 6.07) is 0. The zero-order chi connectivity index (χ0) is 12.7. The van der Waals surface area contributed by atoms with Crippen molar-refractivity contribution >= 4 is 5.97 Å². The Hall–Kier alpha value is -0.650. The summed E-state index contributed by atoms with van der Waals surface area (Å²) in [7, 11) is 4.16. The first kappa shape index (κ1) is 14.4. The molecule has 0 bridgehead atoms. The SMILES string of the molecule is CN(C)CCCN1CCOC(CCC(=O)O)C1. The van der Waals surface area contributed by atoms with E-state index >= 15 is 0 Å². The molecule has 17 heavy (non-hydrogen) atoms. The quantitative estimate of drug-likeness (QED) is 0.707. The molecule has 1 heterocycles. The summed E-state index contributed by atoms with van der Waals surface area (Å²) < 4.78 is 5.57. The van der Waals surface area contributed by atoms with Crippen LogP contribution < -0.4 is 0 Å². The minimum atomic E-state index is -0.738. The number of nitrogens with zero attached hydrogens (tertiary/aromatic N) is 2. The van der Waals surface area contributed by atoms with E-state index in [1.807, 2.05) is 0 Å². The van der Waals surface area contributed by atoms with Crippen molar-refractivity contribution in [3.05, 3.63) is 0 Å². The molecule has 1 rings (SSSR count). The van der Waals surface area contributed by atoms with E-state index in [1.165, 1.54) is 0 Å². The van der Waals surface area contributed by atoms with Gasteiger partial charge in [-0.2, -0.15) is 0 Å². The van der Waals surface area contributed by atoms with Crippen molar-refractivity contribution < 1.29 is 14.6 Å². The lowest BCUT2D eigenvalue weighted by atomic mass is 10.1. The summed E-state index contributed by atoms with van der Waals surface area (Å²) in [6.45, 7) is 4.74. The monoisotopic (exact) mass is 244 g/mol. The standard InChI is InChI=1S/C12H24N2O3/c1-13(2)6-3-7-14-8-9-17-11(10-14)4-5-12(15)16/h11H,3-10H2,1-2H3,(H,15,16). The molecule has 1 atom stereocenters. The van der Waals surface area contributed by atoms with E-state index < -0.39 is 5.97 Å². The van der Waals surface area contributed by atoms with Crippen LogP contribution in [0.4, 0.5) is 0 Å². The Labute approximate surface area is 103 Å². The van der Waals surface area contributed by atoms with Crippen LogP contribution in [-0.2, 0) is 9.53 Å². The molecule has 1 N–H and O–H groups in total. The summed E-state index contributed by atoms with van der Waals surface area (Å²) in [5.41, 5.74) is 0. The van der Waals surface area contributed by atoms with Crippen LogP contribution in [0.5, 0.6) is 0 Å². The van der Waals surface area contributed by atoms with Gasteiger partial charge in [0.15, 0.2) is 0 Å². The van der Waals surface area contributed by atoms with Crippen molar-refractivity contribution in [1.82, 2.24) is 9.80 Å². The smallest absolute Gasteiger partial charge is 0.303 e. The number of hydrogen-bond acceptors (Lipinski definition) is 4. The van der Waals surface area contributed by atoms with E-state index in [0.29, 0.717) is 6.42 Å². The van der Waals surface area contributed by atoms with Crippen LogP contribution in [0.2, 0.25) is 0 Å². The lowest BCUT2D eigenvalue weighted by Crippen LogP contribution is -2.43. The van der Waals surface area contributed by atoms with Gasteiger partial charge in [0.1, 0.15) is 0 Å². The highest BCUT2D eigenvalue weighted by Gasteiger charge is 2.20. The van der Waals surface area contributed by atoms with Crippen LogP contribution in [0.25, 0.3) is 0 Å². The van der Waals surface area contributed by atoms with Crippen molar-refractivity contribution in [1.29, 1.82) is 0 Å². The molecule has 0 radical (unpaired) electrons. The maximum absolute atomic E-state index is 10.5. The summed E-state index contributed by atoms with van der Waals surface area (Å²) in [5, 5.41) is 8.64. The van der Waals surface area contributed by atoms with Gasteiger partial charge in [-0.15, -0.1) is 0 Å². The molecule has 0 saturated carbocycles. The molecule has 0 aliphatic carbocycles. The molecular weight excluding hydrogens is 220 g/mol. The molecule has 1 aliphatic rings. The zero-order valence-corrected chi connectivity index (χ0v) is 10.9. The summed E-state index contributed by atoms with van der Waals surface area (Å²) in [4.78, 5) is 15.1. The predicted octanol–water partition coefficient (Wildman–Crippen LogP) is 0.504. The average molecular weight is 244 g/mol. The van der Waals surface area contributed by atoms with Gasteiger partial charge in [0, 0.05) is 19.5 Å². The lowest BCUT2D eigenvalue weighted by Gasteiger charge is -2.33. The fourth-order valence-electron chi connectivity index (χ4n) is 2.05. The first-order chi connectivity index (χ1) is 8.08. The second-order valence-corrected chi connectivity index (χ2v) is 4.88. The van der Waals surface area contributed by atoms with Crippen molar-refractivity contribution in [3.8, 4) is 0 Å². The van der Waals surface area contributed by atoms with Gasteiger partial charge < -0.3 is 14.7 Å². The predicted molar refractivity (Wildman–Crippen MR) is 66.2 cm³/mol. The summed E-state index contributed by atoms with van der Waals surface area (Å²) in [6.07, 6.45) is 2.08. The van der Waals surface area contributed by atoms with Gasteiger partial charge in [-0.05, 0) is 40.0 Å². The van der Waals surface area contributed by atoms with Crippen LogP contribution in [0.3, 0.4) is 0 Å². The Morgan fingerprint density at radius 3 is 2.94 bits per heavy atom. The van der Waals surface area contributed by atoms with E-state index in [1.54, 1.807) is 0 Å². The van der Waals surface area contributed by atoms with Crippen LogP contribution in [0.15, 0.2) is 0 Å². The van der Waals surface area contributed by atoms with Crippen LogP contribution in [0, 0.1) is 0 Å². The highest BCUT2D eigenvalue weighted by Crippen LogP contribution is 2.10. The van der Waals surface area contributed by atoms with Crippen LogP contribution >= 0.6 is 0 Å². The second-order valence-electron chi connectivity index (χ2n) is 4.88. The molecule has 1 unspecified atom stereocenters. The largest absolute Gasteiger partial charge is 0.481 e. The van der Waals surface area contributed by atoms with E-state index in [0.717, 1.165) is 39.2 Å². The first-order valence-electron chi connectivity index (χ1n) is 6.28. The molecule has 0 amide bonds. The molecule has 5 heteroatoms. The van der Waals surface area contributed by atoms with Gasteiger partial charge in [-0.1, -0.05) is 0 Å². The number of carboxylic acid groups (broad SMARTS) is 1. The fourth-order valence-corrected chi connectivity index (χ4v) is 2.05.